The van der Waals surface area contributed by atoms with E-state index < -0.39 is 0 Å². The highest BCUT2D eigenvalue weighted by atomic mass is 79.9. The summed E-state index contributed by atoms with van der Waals surface area (Å²) in [6.45, 7) is 5.11. The summed E-state index contributed by atoms with van der Waals surface area (Å²) < 4.78 is 8.36. The number of ether oxygens (including phenoxy) is 1. The average Bonchev–Trinajstić information content (AvgIpc) is 2.72. The second kappa shape index (κ2) is 6.10. The SMILES string of the molecule is CCCn1cc(C)nc1Nc1ccc(Br)c(OC)c1. The lowest BCUT2D eigenvalue weighted by atomic mass is 10.3. The van der Waals surface area contributed by atoms with Gasteiger partial charge in [-0.3, -0.25) is 0 Å². The van der Waals surface area contributed by atoms with Gasteiger partial charge in [-0.1, -0.05) is 6.92 Å². The first kappa shape index (κ1) is 13.9. The maximum Gasteiger partial charge on any atom is 0.207 e. The van der Waals surface area contributed by atoms with Crippen molar-refractivity contribution in [1.82, 2.24) is 9.55 Å². The lowest BCUT2D eigenvalue weighted by molar-refractivity contribution is 0.412. The fraction of sp³-hybridized carbons (Fsp3) is 0.357. The number of halogens is 1. The summed E-state index contributed by atoms with van der Waals surface area (Å²) in [4.78, 5) is 4.50. The van der Waals surface area contributed by atoms with Crippen molar-refractivity contribution in [2.45, 2.75) is 26.8 Å². The van der Waals surface area contributed by atoms with E-state index in [-0.39, 0.29) is 0 Å². The number of imidazole rings is 1. The summed E-state index contributed by atoms with van der Waals surface area (Å²) in [6.07, 6.45) is 3.13. The fourth-order valence-electron chi connectivity index (χ4n) is 1.92. The van der Waals surface area contributed by atoms with Crippen LogP contribution in [0.2, 0.25) is 0 Å². The van der Waals surface area contributed by atoms with Gasteiger partial charge in [0.1, 0.15) is 5.75 Å². The molecule has 1 N–H and O–H groups in total. The molecule has 0 atom stereocenters. The van der Waals surface area contributed by atoms with Crippen LogP contribution < -0.4 is 10.1 Å². The Hall–Kier alpha value is -1.49. The first-order chi connectivity index (χ1) is 9.13. The van der Waals surface area contributed by atoms with E-state index in [1.165, 1.54) is 0 Å². The molecule has 102 valence electrons. The molecular formula is C14H18BrN3O. The van der Waals surface area contributed by atoms with Gasteiger partial charge in [0.15, 0.2) is 0 Å². The van der Waals surface area contributed by atoms with Crippen LogP contribution in [0.3, 0.4) is 0 Å². The standard InChI is InChI=1S/C14H18BrN3O/c1-4-7-18-9-10(2)16-14(18)17-11-5-6-12(15)13(8-11)19-3/h5-6,8-9H,4,7H2,1-3H3,(H,16,17). The molecule has 0 radical (unpaired) electrons. The Morgan fingerprint density at radius 1 is 1.42 bits per heavy atom. The van der Waals surface area contributed by atoms with Crippen LogP contribution in [0.15, 0.2) is 28.9 Å². The molecule has 0 spiro atoms. The van der Waals surface area contributed by atoms with Crippen molar-refractivity contribution >= 4 is 27.6 Å². The molecular weight excluding hydrogens is 306 g/mol. The average molecular weight is 324 g/mol. The van der Waals surface area contributed by atoms with Gasteiger partial charge in [-0.25, -0.2) is 4.98 Å². The van der Waals surface area contributed by atoms with Crippen molar-refractivity contribution in [2.75, 3.05) is 12.4 Å². The van der Waals surface area contributed by atoms with Crippen molar-refractivity contribution in [1.29, 1.82) is 0 Å². The molecule has 0 aliphatic heterocycles. The number of anilines is 2. The Balaban J connectivity index is 2.25. The Labute approximate surface area is 121 Å². The zero-order chi connectivity index (χ0) is 13.8. The molecule has 0 saturated heterocycles. The maximum absolute atomic E-state index is 5.29. The van der Waals surface area contributed by atoms with E-state index in [1.807, 2.05) is 25.1 Å². The molecule has 4 nitrogen and oxygen atoms in total. The third-order valence-electron chi connectivity index (χ3n) is 2.77. The lowest BCUT2D eigenvalue weighted by Crippen LogP contribution is -2.02. The number of hydrogen-bond donors (Lipinski definition) is 1. The number of aromatic nitrogens is 2. The Morgan fingerprint density at radius 3 is 2.89 bits per heavy atom. The van der Waals surface area contributed by atoms with Crippen LogP contribution in [0.4, 0.5) is 11.6 Å². The van der Waals surface area contributed by atoms with E-state index in [4.69, 9.17) is 4.74 Å². The number of aryl methyl sites for hydroxylation is 2. The summed E-state index contributed by atoms with van der Waals surface area (Å²) in [6, 6.07) is 5.90. The normalized spacial score (nSPS) is 10.5. The molecule has 2 aromatic rings. The molecule has 0 unspecified atom stereocenters. The molecule has 2 rings (SSSR count). The van der Waals surface area contributed by atoms with Gasteiger partial charge < -0.3 is 14.6 Å². The van der Waals surface area contributed by atoms with Gasteiger partial charge in [-0.05, 0) is 41.4 Å². The second-order valence-corrected chi connectivity index (χ2v) is 5.23. The third-order valence-corrected chi connectivity index (χ3v) is 3.42. The molecule has 0 saturated carbocycles. The van der Waals surface area contributed by atoms with Crippen molar-refractivity contribution in [3.63, 3.8) is 0 Å². The molecule has 0 aliphatic carbocycles. The van der Waals surface area contributed by atoms with Crippen LogP contribution >= 0.6 is 15.9 Å². The molecule has 19 heavy (non-hydrogen) atoms. The zero-order valence-electron chi connectivity index (χ0n) is 11.4. The van der Waals surface area contributed by atoms with Gasteiger partial charge in [-0.15, -0.1) is 0 Å². The lowest BCUT2D eigenvalue weighted by Gasteiger charge is -2.10. The minimum absolute atomic E-state index is 0.801. The van der Waals surface area contributed by atoms with E-state index in [0.29, 0.717) is 0 Å². The molecule has 1 heterocycles. The Kier molecular flexibility index (Phi) is 4.47. The third kappa shape index (κ3) is 3.29. The first-order valence-electron chi connectivity index (χ1n) is 6.28. The van der Waals surface area contributed by atoms with Gasteiger partial charge in [-0.2, -0.15) is 0 Å². The minimum atomic E-state index is 0.801. The predicted octanol–water partition coefficient (Wildman–Crippen LogP) is 4.12. The topological polar surface area (TPSA) is 39.1 Å². The van der Waals surface area contributed by atoms with Crippen molar-refractivity contribution in [3.8, 4) is 5.75 Å². The van der Waals surface area contributed by atoms with Gasteiger partial charge in [0.25, 0.3) is 0 Å². The predicted molar refractivity (Wildman–Crippen MR) is 81.2 cm³/mol. The monoisotopic (exact) mass is 323 g/mol. The Morgan fingerprint density at radius 2 is 2.21 bits per heavy atom. The van der Waals surface area contributed by atoms with Gasteiger partial charge >= 0.3 is 0 Å². The molecule has 0 aliphatic rings. The number of hydrogen-bond acceptors (Lipinski definition) is 3. The second-order valence-electron chi connectivity index (χ2n) is 4.37. The Bertz CT molecular complexity index is 566. The van der Waals surface area contributed by atoms with Crippen molar-refractivity contribution < 1.29 is 4.74 Å². The molecule has 1 aromatic heterocycles. The van der Waals surface area contributed by atoms with Crippen LogP contribution in [-0.2, 0) is 6.54 Å². The van der Waals surface area contributed by atoms with Crippen LogP contribution in [-0.4, -0.2) is 16.7 Å². The summed E-state index contributed by atoms with van der Waals surface area (Å²) in [5, 5.41) is 3.33. The molecule has 0 fully saturated rings. The quantitative estimate of drug-likeness (QED) is 0.899. The van der Waals surface area contributed by atoms with E-state index >= 15 is 0 Å². The van der Waals surface area contributed by atoms with E-state index in [2.05, 4.69) is 43.9 Å². The highest BCUT2D eigenvalue weighted by molar-refractivity contribution is 9.10. The molecule has 5 heteroatoms. The van der Waals surface area contributed by atoms with Crippen LogP contribution in [0.5, 0.6) is 5.75 Å². The summed E-state index contributed by atoms with van der Waals surface area (Å²) >= 11 is 3.45. The van der Waals surface area contributed by atoms with Gasteiger partial charge in [0.2, 0.25) is 5.95 Å². The van der Waals surface area contributed by atoms with Crippen molar-refractivity contribution in [2.24, 2.45) is 0 Å². The number of rotatable bonds is 5. The molecule has 0 amide bonds. The van der Waals surface area contributed by atoms with Crippen LogP contribution in [0, 0.1) is 6.92 Å². The highest BCUT2D eigenvalue weighted by Crippen LogP contribution is 2.29. The van der Waals surface area contributed by atoms with Gasteiger partial charge in [0.05, 0.1) is 17.3 Å². The first-order valence-corrected chi connectivity index (χ1v) is 7.07. The highest BCUT2D eigenvalue weighted by Gasteiger charge is 2.07. The zero-order valence-corrected chi connectivity index (χ0v) is 13.0. The van der Waals surface area contributed by atoms with E-state index in [1.54, 1.807) is 7.11 Å². The van der Waals surface area contributed by atoms with Gasteiger partial charge in [0, 0.05) is 24.5 Å². The van der Waals surface area contributed by atoms with Crippen LogP contribution in [0.1, 0.15) is 19.0 Å². The molecule has 1 aromatic carbocycles. The van der Waals surface area contributed by atoms with Crippen LogP contribution in [0.25, 0.3) is 0 Å². The largest absolute Gasteiger partial charge is 0.495 e. The summed E-state index contributed by atoms with van der Waals surface area (Å²) in [5.74, 6) is 1.67. The summed E-state index contributed by atoms with van der Waals surface area (Å²) in [5.41, 5.74) is 1.98. The minimum Gasteiger partial charge on any atom is -0.495 e. The fourth-order valence-corrected chi connectivity index (χ4v) is 2.33. The number of methoxy groups -OCH3 is 1. The van der Waals surface area contributed by atoms with E-state index in [0.717, 1.165) is 40.5 Å². The smallest absolute Gasteiger partial charge is 0.207 e. The van der Waals surface area contributed by atoms with Crippen molar-refractivity contribution in [3.05, 3.63) is 34.6 Å². The molecule has 0 bridgehead atoms. The number of nitrogens with one attached hydrogen (secondary N) is 1. The maximum atomic E-state index is 5.29. The summed E-state index contributed by atoms with van der Waals surface area (Å²) in [7, 11) is 1.66. The number of nitrogens with zero attached hydrogens (tertiary/aromatic N) is 2. The number of benzene rings is 1. The van der Waals surface area contributed by atoms with E-state index in [9.17, 15) is 0 Å².